The maximum absolute atomic E-state index is 10.6. The molecule has 0 amide bonds. The van der Waals surface area contributed by atoms with Crippen molar-refractivity contribution >= 4 is 11.4 Å². The van der Waals surface area contributed by atoms with Gasteiger partial charge in [0, 0.05) is 28.3 Å². The van der Waals surface area contributed by atoms with Crippen LogP contribution in [0.3, 0.4) is 0 Å². The maximum atomic E-state index is 10.6. The molecule has 0 bridgehead atoms. The third kappa shape index (κ3) is 1.14. The highest BCUT2D eigenvalue weighted by Gasteiger charge is 2.22. The van der Waals surface area contributed by atoms with Gasteiger partial charge >= 0.3 is 0 Å². The number of fused-ring (bicyclic) bond motifs is 1. The molecule has 68 valence electrons. The number of hydrogen-bond acceptors (Lipinski definition) is 3. The fourth-order valence-electron chi connectivity index (χ4n) is 1.67. The van der Waals surface area contributed by atoms with Crippen molar-refractivity contribution in [2.75, 3.05) is 19.0 Å². The van der Waals surface area contributed by atoms with Gasteiger partial charge in [-0.2, -0.15) is 0 Å². The maximum Gasteiger partial charge on any atom is 0.276 e. The Labute approximate surface area is 75.9 Å². The summed E-state index contributed by atoms with van der Waals surface area (Å²) in [6.07, 6.45) is 0.911. The monoisotopic (exact) mass is 179 g/mol. The van der Waals surface area contributed by atoms with E-state index in [0.29, 0.717) is 5.69 Å². The summed E-state index contributed by atoms with van der Waals surface area (Å²) in [7, 11) is 1.64. The van der Waals surface area contributed by atoms with Gasteiger partial charge in [-0.25, -0.2) is 0 Å². The molecule has 0 saturated carbocycles. The second kappa shape index (κ2) is 3.05. The number of nitrogens with one attached hydrogen (secondary N) is 2. The predicted molar refractivity (Wildman–Crippen MR) is 49.2 cm³/mol. The SMILES string of the molecule is COc1ccc([NH+]=O)c2c1CCN2. The van der Waals surface area contributed by atoms with E-state index in [0.717, 1.165) is 30.0 Å². The topological polar surface area (TPSA) is 52.3 Å². The lowest BCUT2D eigenvalue weighted by atomic mass is 10.1. The first-order chi connectivity index (χ1) is 6.36. The summed E-state index contributed by atoms with van der Waals surface area (Å²) in [5.41, 5.74) is 2.56. The van der Waals surface area contributed by atoms with Crippen molar-refractivity contribution in [2.24, 2.45) is 0 Å². The molecule has 1 aliphatic heterocycles. The average molecular weight is 179 g/mol. The summed E-state index contributed by atoms with van der Waals surface area (Å²) in [6, 6.07) is 3.54. The van der Waals surface area contributed by atoms with E-state index in [1.54, 1.807) is 13.2 Å². The molecule has 1 heterocycles. The van der Waals surface area contributed by atoms with Gasteiger partial charge in [0.2, 0.25) is 0 Å². The molecule has 2 N–H and O–H groups in total. The van der Waals surface area contributed by atoms with Crippen LogP contribution in [-0.2, 0) is 6.42 Å². The van der Waals surface area contributed by atoms with E-state index >= 15 is 0 Å². The lowest BCUT2D eigenvalue weighted by molar-refractivity contribution is -0.378. The number of methoxy groups -OCH3 is 1. The lowest BCUT2D eigenvalue weighted by Crippen LogP contribution is -2.56. The second-order valence-corrected chi connectivity index (χ2v) is 2.95. The summed E-state index contributed by atoms with van der Waals surface area (Å²) < 4.78 is 5.19. The number of ether oxygens (including phenoxy) is 1. The molecule has 0 radical (unpaired) electrons. The smallest absolute Gasteiger partial charge is 0.276 e. The molecule has 0 spiro atoms. The van der Waals surface area contributed by atoms with E-state index in [2.05, 4.69) is 5.32 Å². The molecule has 0 aliphatic carbocycles. The predicted octanol–water partition coefficient (Wildman–Crippen LogP) is 0.142. The van der Waals surface area contributed by atoms with Crippen LogP contribution in [0.15, 0.2) is 12.1 Å². The first kappa shape index (κ1) is 8.04. The number of rotatable bonds is 2. The minimum absolute atomic E-state index is 0.591. The molecule has 0 unspecified atom stereocenters. The molecule has 4 nitrogen and oxygen atoms in total. The van der Waals surface area contributed by atoms with Crippen LogP contribution in [-0.4, -0.2) is 13.7 Å². The Balaban J connectivity index is 2.58. The molecule has 0 atom stereocenters. The van der Waals surface area contributed by atoms with Crippen LogP contribution in [0.2, 0.25) is 0 Å². The van der Waals surface area contributed by atoms with E-state index in [1.165, 1.54) is 0 Å². The van der Waals surface area contributed by atoms with Crippen molar-refractivity contribution in [1.82, 2.24) is 0 Å². The molecule has 0 saturated heterocycles. The summed E-state index contributed by atoms with van der Waals surface area (Å²) in [6.45, 7) is 0.865. The summed E-state index contributed by atoms with van der Waals surface area (Å²) in [4.78, 5) is 10.6. The van der Waals surface area contributed by atoms with E-state index in [1.807, 2.05) is 11.2 Å². The zero-order valence-electron chi connectivity index (χ0n) is 7.39. The Morgan fingerprint density at radius 3 is 3.08 bits per heavy atom. The fraction of sp³-hybridized carbons (Fsp3) is 0.333. The first-order valence-electron chi connectivity index (χ1n) is 4.18. The van der Waals surface area contributed by atoms with Gasteiger partial charge in [-0.15, -0.1) is 0 Å². The molecule has 1 aromatic carbocycles. The Morgan fingerprint density at radius 2 is 2.38 bits per heavy atom. The average Bonchev–Trinajstić information content (AvgIpc) is 2.64. The summed E-state index contributed by atoms with van der Waals surface area (Å²) in [5, 5.41) is 5.06. The van der Waals surface area contributed by atoms with Crippen molar-refractivity contribution in [1.29, 1.82) is 0 Å². The highest BCUT2D eigenvalue weighted by atomic mass is 16.5. The highest BCUT2D eigenvalue weighted by Crippen LogP contribution is 2.34. The normalized spacial score (nSPS) is 13.3. The van der Waals surface area contributed by atoms with Crippen LogP contribution < -0.4 is 15.2 Å². The van der Waals surface area contributed by atoms with E-state index in [9.17, 15) is 4.91 Å². The van der Waals surface area contributed by atoms with Gasteiger partial charge in [-0.05, 0) is 12.5 Å². The Kier molecular flexibility index (Phi) is 1.88. The standard InChI is InChI=1S/C9H10N2O2/c1-13-8-3-2-7(11-12)9-6(8)4-5-10-9/h2-3,10H,4-5H2,1H3/p+1. The molecular formula is C9H11N2O2+. The van der Waals surface area contributed by atoms with E-state index in [4.69, 9.17) is 4.74 Å². The van der Waals surface area contributed by atoms with Crippen LogP contribution in [0.4, 0.5) is 11.4 Å². The molecule has 13 heavy (non-hydrogen) atoms. The minimum atomic E-state index is 0.591. The van der Waals surface area contributed by atoms with E-state index in [-0.39, 0.29) is 0 Å². The Bertz CT molecular complexity index is 350. The van der Waals surface area contributed by atoms with E-state index < -0.39 is 0 Å². The third-order valence-corrected chi connectivity index (χ3v) is 2.28. The molecule has 1 aromatic rings. The van der Waals surface area contributed by atoms with Gasteiger partial charge in [-0.3, -0.25) is 0 Å². The molecule has 1 aliphatic rings. The number of nitroso groups, excluding NO2 is 1. The number of anilines is 1. The Hall–Kier alpha value is -1.58. The molecule has 0 fully saturated rings. The fourth-order valence-corrected chi connectivity index (χ4v) is 1.67. The first-order valence-corrected chi connectivity index (χ1v) is 4.18. The number of hydrogen-bond donors (Lipinski definition) is 2. The van der Waals surface area contributed by atoms with Gasteiger partial charge < -0.3 is 10.1 Å². The highest BCUT2D eigenvalue weighted by molar-refractivity contribution is 5.72. The summed E-state index contributed by atoms with van der Waals surface area (Å²) in [5.74, 6) is 0.846. The Morgan fingerprint density at radius 1 is 1.54 bits per heavy atom. The largest absolute Gasteiger partial charge is 0.496 e. The summed E-state index contributed by atoms with van der Waals surface area (Å²) >= 11 is 0. The molecular weight excluding hydrogens is 168 g/mol. The van der Waals surface area contributed by atoms with Gasteiger partial charge in [-0.1, -0.05) is 0 Å². The van der Waals surface area contributed by atoms with Crippen LogP contribution in [0.5, 0.6) is 5.75 Å². The van der Waals surface area contributed by atoms with Crippen molar-refractivity contribution < 1.29 is 9.91 Å². The van der Waals surface area contributed by atoms with Crippen LogP contribution in [0.1, 0.15) is 5.56 Å². The number of benzene rings is 1. The molecule has 2 rings (SSSR count). The quantitative estimate of drug-likeness (QED) is 0.679. The van der Waals surface area contributed by atoms with Crippen molar-refractivity contribution in [2.45, 2.75) is 6.42 Å². The third-order valence-electron chi connectivity index (χ3n) is 2.28. The van der Waals surface area contributed by atoms with Crippen molar-refractivity contribution in [3.8, 4) is 5.75 Å². The molecule has 4 heteroatoms. The van der Waals surface area contributed by atoms with Crippen molar-refractivity contribution in [3.05, 3.63) is 22.6 Å². The zero-order valence-corrected chi connectivity index (χ0v) is 7.39. The van der Waals surface area contributed by atoms with Crippen LogP contribution >= 0.6 is 0 Å². The van der Waals surface area contributed by atoms with Gasteiger partial charge in [0.1, 0.15) is 11.4 Å². The van der Waals surface area contributed by atoms with Crippen LogP contribution in [0, 0.1) is 4.91 Å². The van der Waals surface area contributed by atoms with Gasteiger partial charge in [0.15, 0.2) is 0 Å². The van der Waals surface area contributed by atoms with Crippen LogP contribution in [0.25, 0.3) is 0 Å². The second-order valence-electron chi connectivity index (χ2n) is 2.95. The van der Waals surface area contributed by atoms with Gasteiger partial charge in [0.25, 0.3) is 5.69 Å². The van der Waals surface area contributed by atoms with Gasteiger partial charge in [0.05, 0.1) is 7.11 Å². The lowest BCUT2D eigenvalue weighted by Gasteiger charge is -2.04. The molecule has 0 aromatic heterocycles. The zero-order chi connectivity index (χ0) is 9.26. The minimum Gasteiger partial charge on any atom is -0.496 e. The van der Waals surface area contributed by atoms with Crippen molar-refractivity contribution in [3.63, 3.8) is 0 Å².